The van der Waals surface area contributed by atoms with Crippen molar-refractivity contribution in [3.8, 4) is 0 Å². The first-order valence-electron chi connectivity index (χ1n) is 6.43. The number of amides is 1. The molecule has 6 heteroatoms. The second kappa shape index (κ2) is 7.57. The molecular formula is C14H20ClFN2O2. The van der Waals surface area contributed by atoms with Gasteiger partial charge in [-0.1, -0.05) is 12.1 Å². The highest BCUT2D eigenvalue weighted by Gasteiger charge is 2.28. The van der Waals surface area contributed by atoms with Crippen LogP contribution in [0, 0.1) is 5.82 Å². The Kier molecular flexibility index (Phi) is 6.39. The van der Waals surface area contributed by atoms with E-state index in [0.29, 0.717) is 19.6 Å². The maximum absolute atomic E-state index is 12.9. The Hall–Kier alpha value is -1.17. The number of carbonyl (C=O) groups excluding carboxylic acids is 1. The molecule has 4 nitrogen and oxygen atoms in total. The Bertz CT molecular complexity index is 441. The first-order chi connectivity index (χ1) is 9.10. The minimum atomic E-state index is -0.268. The molecule has 1 aromatic rings. The predicted molar refractivity (Wildman–Crippen MR) is 77.4 cm³/mol. The Morgan fingerprint density at radius 1 is 1.40 bits per heavy atom. The third-order valence-electron chi connectivity index (χ3n) is 3.18. The zero-order chi connectivity index (χ0) is 13.8. The van der Waals surface area contributed by atoms with Crippen molar-refractivity contribution in [3.05, 3.63) is 35.6 Å². The van der Waals surface area contributed by atoms with Crippen molar-refractivity contribution >= 4 is 18.3 Å². The second-order valence-electron chi connectivity index (χ2n) is 4.82. The van der Waals surface area contributed by atoms with Gasteiger partial charge in [-0.15, -0.1) is 12.4 Å². The van der Waals surface area contributed by atoms with E-state index in [4.69, 9.17) is 4.74 Å². The van der Waals surface area contributed by atoms with Gasteiger partial charge in [-0.3, -0.25) is 4.79 Å². The van der Waals surface area contributed by atoms with Crippen LogP contribution in [0.2, 0.25) is 0 Å². The third-order valence-corrected chi connectivity index (χ3v) is 3.18. The Morgan fingerprint density at radius 3 is 2.65 bits per heavy atom. The van der Waals surface area contributed by atoms with E-state index in [0.717, 1.165) is 5.56 Å². The summed E-state index contributed by atoms with van der Waals surface area (Å²) in [6.07, 6.45) is -0.213. The van der Waals surface area contributed by atoms with Gasteiger partial charge < -0.3 is 15.0 Å². The minimum Gasteiger partial charge on any atom is -0.367 e. The molecule has 1 aliphatic heterocycles. The van der Waals surface area contributed by atoms with Gasteiger partial charge in [0.2, 0.25) is 5.91 Å². The van der Waals surface area contributed by atoms with Crippen LogP contribution in [0.15, 0.2) is 24.3 Å². The van der Waals surface area contributed by atoms with Gasteiger partial charge >= 0.3 is 0 Å². The lowest BCUT2D eigenvalue weighted by molar-refractivity contribution is -0.143. The van der Waals surface area contributed by atoms with Gasteiger partial charge in [-0.25, -0.2) is 4.39 Å². The summed E-state index contributed by atoms with van der Waals surface area (Å²) in [6, 6.07) is 6.24. The number of nitrogens with one attached hydrogen (secondary N) is 1. The van der Waals surface area contributed by atoms with Crippen LogP contribution >= 0.6 is 12.4 Å². The number of nitrogens with zero attached hydrogens (tertiary/aromatic N) is 1. The zero-order valence-corrected chi connectivity index (χ0v) is 12.5. The fraction of sp³-hybridized carbons (Fsp3) is 0.500. The summed E-state index contributed by atoms with van der Waals surface area (Å²) in [5.41, 5.74) is 0.898. The van der Waals surface area contributed by atoms with E-state index in [1.807, 2.05) is 6.92 Å². The number of likely N-dealkylation sites (N-methyl/N-ethyl adjacent to an activating group) is 1. The Balaban J connectivity index is 0.00000200. The lowest BCUT2D eigenvalue weighted by Gasteiger charge is -2.37. The van der Waals surface area contributed by atoms with Gasteiger partial charge in [0.1, 0.15) is 11.9 Å². The molecule has 20 heavy (non-hydrogen) atoms. The molecule has 2 rings (SSSR count). The van der Waals surface area contributed by atoms with Crippen molar-refractivity contribution in [1.29, 1.82) is 0 Å². The van der Waals surface area contributed by atoms with Gasteiger partial charge in [0.25, 0.3) is 0 Å². The molecule has 1 fully saturated rings. The highest BCUT2D eigenvalue weighted by Crippen LogP contribution is 2.25. The van der Waals surface area contributed by atoms with Crippen LogP contribution in [0.3, 0.4) is 0 Å². The first kappa shape index (κ1) is 16.9. The fourth-order valence-electron chi connectivity index (χ4n) is 2.28. The number of morpholine rings is 1. The van der Waals surface area contributed by atoms with Gasteiger partial charge in [0, 0.05) is 6.54 Å². The highest BCUT2D eigenvalue weighted by molar-refractivity contribution is 5.85. The van der Waals surface area contributed by atoms with Crippen LogP contribution in [-0.2, 0) is 9.53 Å². The second-order valence-corrected chi connectivity index (χ2v) is 4.82. The molecule has 0 aromatic heterocycles. The summed E-state index contributed by atoms with van der Waals surface area (Å²) in [7, 11) is 1.75. The molecule has 1 aromatic carbocycles. The number of benzene rings is 1. The standard InChI is InChI=1S/C14H19FN2O2.ClH/c1-10-8-17(14(18)7-16-2)9-13(19-10)11-3-5-12(15)6-4-11;/h3-6,10,13,16H,7-9H2,1-2H3;1H. The smallest absolute Gasteiger partial charge is 0.236 e. The number of hydrogen-bond acceptors (Lipinski definition) is 3. The number of rotatable bonds is 3. The van der Waals surface area contributed by atoms with Gasteiger partial charge in [-0.05, 0) is 31.7 Å². The van der Waals surface area contributed by atoms with E-state index in [2.05, 4.69) is 5.32 Å². The van der Waals surface area contributed by atoms with Crippen LogP contribution in [0.25, 0.3) is 0 Å². The normalized spacial score (nSPS) is 22.2. The molecule has 0 bridgehead atoms. The van der Waals surface area contributed by atoms with E-state index in [1.165, 1.54) is 12.1 Å². The summed E-state index contributed by atoms with van der Waals surface area (Å²) >= 11 is 0. The van der Waals surface area contributed by atoms with Gasteiger partial charge in [0.15, 0.2) is 0 Å². The molecule has 1 N–H and O–H groups in total. The molecule has 0 saturated carbocycles. The van der Waals surface area contributed by atoms with Crippen molar-refractivity contribution in [2.24, 2.45) is 0 Å². The SMILES string of the molecule is CNCC(=O)N1CC(C)OC(c2ccc(F)cc2)C1.Cl. The average molecular weight is 303 g/mol. The van der Waals surface area contributed by atoms with E-state index < -0.39 is 0 Å². The predicted octanol–water partition coefficient (Wildman–Crippen LogP) is 1.76. The summed E-state index contributed by atoms with van der Waals surface area (Å²) < 4.78 is 18.8. The Morgan fingerprint density at radius 2 is 2.05 bits per heavy atom. The molecule has 1 saturated heterocycles. The van der Waals surface area contributed by atoms with Crippen LogP contribution in [0.5, 0.6) is 0 Å². The first-order valence-corrected chi connectivity index (χ1v) is 6.43. The molecule has 2 atom stereocenters. The van der Waals surface area contributed by atoms with Crippen molar-refractivity contribution in [3.63, 3.8) is 0 Å². The summed E-state index contributed by atoms with van der Waals surface area (Å²) in [5.74, 6) is -0.208. The third kappa shape index (κ3) is 4.16. The van der Waals surface area contributed by atoms with Crippen LogP contribution in [-0.4, -0.2) is 43.6 Å². The van der Waals surface area contributed by atoms with Crippen LogP contribution < -0.4 is 5.32 Å². The Labute approximate surface area is 124 Å². The average Bonchev–Trinajstić information content (AvgIpc) is 2.39. The fourth-order valence-corrected chi connectivity index (χ4v) is 2.28. The molecular weight excluding hydrogens is 283 g/mol. The number of halogens is 2. The van der Waals surface area contributed by atoms with E-state index >= 15 is 0 Å². The van der Waals surface area contributed by atoms with E-state index in [9.17, 15) is 9.18 Å². The molecule has 0 radical (unpaired) electrons. The van der Waals surface area contributed by atoms with Crippen LogP contribution in [0.4, 0.5) is 4.39 Å². The van der Waals surface area contributed by atoms with Crippen molar-refractivity contribution < 1.29 is 13.9 Å². The summed E-state index contributed by atoms with van der Waals surface area (Å²) in [6.45, 7) is 3.37. The summed E-state index contributed by atoms with van der Waals surface area (Å²) in [4.78, 5) is 13.7. The number of hydrogen-bond donors (Lipinski definition) is 1. The maximum atomic E-state index is 12.9. The zero-order valence-electron chi connectivity index (χ0n) is 11.6. The van der Waals surface area contributed by atoms with Gasteiger partial charge in [-0.2, -0.15) is 0 Å². The molecule has 1 aliphatic rings. The topological polar surface area (TPSA) is 41.6 Å². The van der Waals surface area contributed by atoms with Crippen molar-refractivity contribution in [2.45, 2.75) is 19.1 Å². The summed E-state index contributed by atoms with van der Waals surface area (Å²) in [5, 5.41) is 2.86. The van der Waals surface area contributed by atoms with Crippen molar-refractivity contribution in [1.82, 2.24) is 10.2 Å². The quantitative estimate of drug-likeness (QED) is 0.925. The molecule has 1 amide bonds. The highest BCUT2D eigenvalue weighted by atomic mass is 35.5. The number of ether oxygens (including phenoxy) is 1. The largest absolute Gasteiger partial charge is 0.367 e. The molecule has 112 valence electrons. The minimum absolute atomic E-state index is 0. The van der Waals surface area contributed by atoms with Crippen LogP contribution in [0.1, 0.15) is 18.6 Å². The lowest BCUT2D eigenvalue weighted by Crippen LogP contribution is -2.48. The van der Waals surface area contributed by atoms with Crippen molar-refractivity contribution in [2.75, 3.05) is 26.7 Å². The maximum Gasteiger partial charge on any atom is 0.236 e. The molecule has 1 heterocycles. The molecule has 2 unspecified atom stereocenters. The van der Waals surface area contributed by atoms with Gasteiger partial charge in [0.05, 0.1) is 19.2 Å². The molecule has 0 spiro atoms. The molecule has 0 aliphatic carbocycles. The van der Waals surface area contributed by atoms with E-state index in [-0.39, 0.29) is 36.3 Å². The van der Waals surface area contributed by atoms with E-state index in [1.54, 1.807) is 24.1 Å². The monoisotopic (exact) mass is 302 g/mol. The number of carbonyl (C=O) groups is 1. The lowest BCUT2D eigenvalue weighted by atomic mass is 10.1.